The topological polar surface area (TPSA) is 53.1 Å². The third kappa shape index (κ3) is 2.70. The molecule has 0 aliphatic heterocycles. The number of aryl methyl sites for hydroxylation is 2. The Morgan fingerprint density at radius 3 is 3.15 bits per heavy atom. The van der Waals surface area contributed by atoms with Gasteiger partial charge in [-0.2, -0.15) is 0 Å². The number of nitrogens with zero attached hydrogens (tertiary/aromatic N) is 2. The van der Waals surface area contributed by atoms with Gasteiger partial charge < -0.3 is 15.0 Å². The number of aromatic nitrogens is 2. The Labute approximate surface area is 119 Å². The van der Waals surface area contributed by atoms with E-state index in [1.165, 1.54) is 17.5 Å². The first-order chi connectivity index (χ1) is 9.74. The van der Waals surface area contributed by atoms with Crippen molar-refractivity contribution in [3.05, 3.63) is 47.5 Å². The van der Waals surface area contributed by atoms with Crippen LogP contribution >= 0.6 is 0 Å². The molecule has 0 amide bonds. The third-order valence-electron chi connectivity index (χ3n) is 3.99. The Morgan fingerprint density at radius 2 is 2.35 bits per heavy atom. The summed E-state index contributed by atoms with van der Waals surface area (Å²) in [5.41, 5.74) is 8.80. The summed E-state index contributed by atoms with van der Waals surface area (Å²) in [5, 5.41) is 0. The molecule has 1 aliphatic rings. The number of ether oxygens (including phenoxy) is 1. The summed E-state index contributed by atoms with van der Waals surface area (Å²) in [6.07, 6.45) is 7.97. The summed E-state index contributed by atoms with van der Waals surface area (Å²) in [4.78, 5) is 4.29. The molecule has 3 rings (SSSR count). The predicted octanol–water partition coefficient (Wildman–Crippen LogP) is 2.38. The highest BCUT2D eigenvalue weighted by Crippen LogP contribution is 2.30. The normalized spacial score (nSPS) is 17.8. The lowest BCUT2D eigenvalue weighted by Gasteiger charge is -2.22. The number of hydrogen-bond acceptors (Lipinski definition) is 3. The fourth-order valence-electron chi connectivity index (χ4n) is 2.80. The zero-order valence-electron chi connectivity index (χ0n) is 11.9. The number of benzene rings is 1. The molecule has 1 aromatic heterocycles. The molecule has 106 valence electrons. The highest BCUT2D eigenvalue weighted by Gasteiger charge is 2.17. The van der Waals surface area contributed by atoms with Crippen LogP contribution in [0.25, 0.3) is 0 Å². The van der Waals surface area contributed by atoms with Gasteiger partial charge in [-0.3, -0.25) is 0 Å². The molecule has 4 heteroatoms. The minimum absolute atomic E-state index is 0.164. The van der Waals surface area contributed by atoms with Crippen LogP contribution in [-0.4, -0.2) is 16.2 Å². The van der Waals surface area contributed by atoms with Crippen molar-refractivity contribution in [2.45, 2.75) is 31.7 Å². The molecule has 1 aliphatic carbocycles. The molecule has 1 aromatic carbocycles. The molecule has 20 heavy (non-hydrogen) atoms. The van der Waals surface area contributed by atoms with E-state index in [4.69, 9.17) is 10.5 Å². The molecule has 0 radical (unpaired) electrons. The number of nitrogens with two attached hydrogens (primary N) is 1. The Balaban J connectivity index is 1.63. The van der Waals surface area contributed by atoms with E-state index >= 15 is 0 Å². The molecular weight excluding hydrogens is 250 g/mol. The zero-order chi connectivity index (χ0) is 13.9. The molecule has 1 atom stereocenters. The van der Waals surface area contributed by atoms with Crippen molar-refractivity contribution < 1.29 is 4.74 Å². The van der Waals surface area contributed by atoms with E-state index in [2.05, 4.69) is 23.2 Å². The molecule has 4 nitrogen and oxygen atoms in total. The average Bonchev–Trinajstić information content (AvgIpc) is 2.85. The average molecular weight is 271 g/mol. The van der Waals surface area contributed by atoms with Crippen molar-refractivity contribution in [1.29, 1.82) is 0 Å². The first kappa shape index (κ1) is 13.2. The van der Waals surface area contributed by atoms with Crippen LogP contribution in [0.5, 0.6) is 5.75 Å². The quantitative estimate of drug-likeness (QED) is 0.929. The molecule has 0 spiro atoms. The Hall–Kier alpha value is -1.81. The third-order valence-corrected chi connectivity index (χ3v) is 3.99. The molecule has 1 heterocycles. The Bertz CT molecular complexity index is 591. The maximum Gasteiger partial charge on any atom is 0.119 e. The van der Waals surface area contributed by atoms with Crippen LogP contribution in [0, 0.1) is 0 Å². The summed E-state index contributed by atoms with van der Waals surface area (Å²) in [6, 6.07) is 6.48. The summed E-state index contributed by atoms with van der Waals surface area (Å²) in [5.74, 6) is 1.95. The Morgan fingerprint density at radius 1 is 1.45 bits per heavy atom. The van der Waals surface area contributed by atoms with Crippen molar-refractivity contribution in [2.75, 3.05) is 6.61 Å². The van der Waals surface area contributed by atoms with Crippen molar-refractivity contribution in [3.63, 3.8) is 0 Å². The molecule has 0 bridgehead atoms. The number of hydrogen-bond donors (Lipinski definition) is 1. The number of imidazole rings is 1. The molecular formula is C16H21N3O. The van der Waals surface area contributed by atoms with Gasteiger partial charge in [0.1, 0.15) is 11.6 Å². The number of fused-ring (bicyclic) bond motifs is 1. The van der Waals surface area contributed by atoms with Gasteiger partial charge in [-0.1, -0.05) is 6.07 Å². The predicted molar refractivity (Wildman–Crippen MR) is 78.7 cm³/mol. The van der Waals surface area contributed by atoms with E-state index in [9.17, 15) is 0 Å². The van der Waals surface area contributed by atoms with Crippen LogP contribution in [0.4, 0.5) is 0 Å². The second-order valence-corrected chi connectivity index (χ2v) is 5.41. The van der Waals surface area contributed by atoms with Crippen LogP contribution in [0.15, 0.2) is 30.6 Å². The minimum atomic E-state index is 0.164. The van der Waals surface area contributed by atoms with E-state index in [0.717, 1.165) is 30.8 Å². The van der Waals surface area contributed by atoms with E-state index in [0.29, 0.717) is 6.61 Å². The lowest BCUT2D eigenvalue weighted by molar-refractivity contribution is 0.316. The summed E-state index contributed by atoms with van der Waals surface area (Å²) in [6.45, 7) is 0.638. The van der Waals surface area contributed by atoms with Gasteiger partial charge in [0.05, 0.1) is 6.61 Å². The van der Waals surface area contributed by atoms with Crippen LogP contribution in [-0.2, 0) is 19.9 Å². The fourth-order valence-corrected chi connectivity index (χ4v) is 2.80. The number of rotatable bonds is 4. The van der Waals surface area contributed by atoms with Crippen molar-refractivity contribution >= 4 is 0 Å². The van der Waals surface area contributed by atoms with E-state index < -0.39 is 0 Å². The van der Waals surface area contributed by atoms with Gasteiger partial charge in [0, 0.05) is 31.9 Å². The van der Waals surface area contributed by atoms with Gasteiger partial charge in [0.2, 0.25) is 0 Å². The molecule has 0 saturated carbocycles. The largest absolute Gasteiger partial charge is 0.493 e. The van der Waals surface area contributed by atoms with Crippen LogP contribution in [0.3, 0.4) is 0 Å². The van der Waals surface area contributed by atoms with E-state index in [-0.39, 0.29) is 6.04 Å². The molecule has 0 unspecified atom stereocenters. The zero-order valence-corrected chi connectivity index (χ0v) is 11.9. The fraction of sp³-hybridized carbons (Fsp3) is 0.438. The summed E-state index contributed by atoms with van der Waals surface area (Å²) < 4.78 is 7.86. The SMILES string of the molecule is Cn1ccnc1CCOc1ccc2c(c1)[C@H](N)CCC2. The van der Waals surface area contributed by atoms with E-state index in [1.54, 1.807) is 0 Å². The molecule has 2 aromatic rings. The standard InChI is InChI=1S/C16H21N3O/c1-19-9-8-18-16(19)7-10-20-13-6-5-12-3-2-4-15(17)14(12)11-13/h5-6,8-9,11,15H,2-4,7,10,17H2,1H3/t15-/m1/s1. The lowest BCUT2D eigenvalue weighted by Crippen LogP contribution is -2.17. The van der Waals surface area contributed by atoms with Gasteiger partial charge in [-0.25, -0.2) is 4.98 Å². The van der Waals surface area contributed by atoms with Gasteiger partial charge in [0.15, 0.2) is 0 Å². The second kappa shape index (κ2) is 5.67. The second-order valence-electron chi connectivity index (χ2n) is 5.41. The minimum Gasteiger partial charge on any atom is -0.493 e. The van der Waals surface area contributed by atoms with Gasteiger partial charge in [-0.05, 0) is 42.5 Å². The van der Waals surface area contributed by atoms with Gasteiger partial charge in [0.25, 0.3) is 0 Å². The highest BCUT2D eigenvalue weighted by molar-refractivity contribution is 5.39. The van der Waals surface area contributed by atoms with Crippen molar-refractivity contribution in [3.8, 4) is 5.75 Å². The monoisotopic (exact) mass is 271 g/mol. The van der Waals surface area contributed by atoms with Crippen molar-refractivity contribution in [2.24, 2.45) is 12.8 Å². The first-order valence-electron chi connectivity index (χ1n) is 7.21. The maximum absolute atomic E-state index is 6.17. The molecule has 2 N–H and O–H groups in total. The van der Waals surface area contributed by atoms with Crippen LogP contribution < -0.4 is 10.5 Å². The van der Waals surface area contributed by atoms with Gasteiger partial charge >= 0.3 is 0 Å². The van der Waals surface area contributed by atoms with E-state index in [1.807, 2.05) is 24.0 Å². The van der Waals surface area contributed by atoms with Crippen molar-refractivity contribution in [1.82, 2.24) is 9.55 Å². The van der Waals surface area contributed by atoms with Crippen LogP contribution in [0.1, 0.15) is 35.8 Å². The Kier molecular flexibility index (Phi) is 3.74. The smallest absolute Gasteiger partial charge is 0.119 e. The first-order valence-corrected chi connectivity index (χ1v) is 7.21. The van der Waals surface area contributed by atoms with Crippen LogP contribution in [0.2, 0.25) is 0 Å². The lowest BCUT2D eigenvalue weighted by atomic mass is 9.88. The molecule has 0 fully saturated rings. The molecule has 0 saturated heterocycles. The summed E-state index contributed by atoms with van der Waals surface area (Å²) >= 11 is 0. The highest BCUT2D eigenvalue weighted by atomic mass is 16.5. The summed E-state index contributed by atoms with van der Waals surface area (Å²) in [7, 11) is 2.00. The van der Waals surface area contributed by atoms with Gasteiger partial charge in [-0.15, -0.1) is 0 Å². The maximum atomic E-state index is 6.17.